The maximum Gasteiger partial charge on any atom is 0.258 e. The molecule has 2 aromatic carbocycles. The van der Waals surface area contributed by atoms with Crippen molar-refractivity contribution in [3.05, 3.63) is 60.2 Å². The zero-order valence-corrected chi connectivity index (χ0v) is 17.1. The minimum atomic E-state index is -0.185. The fourth-order valence-corrected chi connectivity index (χ4v) is 3.03. The molecule has 0 aliphatic heterocycles. The van der Waals surface area contributed by atoms with Gasteiger partial charge < -0.3 is 19.1 Å². The van der Waals surface area contributed by atoms with Crippen LogP contribution in [0.5, 0.6) is 17.2 Å². The van der Waals surface area contributed by atoms with Crippen molar-refractivity contribution in [2.45, 2.75) is 13.0 Å². The SMILES string of the molecule is COc1cc(OC)c(C(=O)N(C)[C@H](C)c2ccc(-n3cncn3)cc2)cc1OC. The smallest absolute Gasteiger partial charge is 0.258 e. The first-order chi connectivity index (χ1) is 14.0. The molecule has 29 heavy (non-hydrogen) atoms. The van der Waals surface area contributed by atoms with Crippen molar-refractivity contribution in [1.82, 2.24) is 19.7 Å². The van der Waals surface area contributed by atoms with Crippen LogP contribution in [0.2, 0.25) is 0 Å². The number of carbonyl (C=O) groups is 1. The van der Waals surface area contributed by atoms with Gasteiger partial charge in [-0.1, -0.05) is 12.1 Å². The number of ether oxygens (including phenoxy) is 3. The number of hydrogen-bond donors (Lipinski definition) is 0. The molecular weight excluding hydrogens is 372 g/mol. The molecule has 0 N–H and O–H groups in total. The van der Waals surface area contributed by atoms with Crippen molar-refractivity contribution in [1.29, 1.82) is 0 Å². The van der Waals surface area contributed by atoms with E-state index in [1.54, 1.807) is 35.1 Å². The van der Waals surface area contributed by atoms with Crippen LogP contribution < -0.4 is 14.2 Å². The molecule has 0 saturated carbocycles. The van der Waals surface area contributed by atoms with Gasteiger partial charge in [0.25, 0.3) is 5.91 Å². The molecule has 0 aliphatic rings. The second kappa shape index (κ2) is 8.64. The lowest BCUT2D eigenvalue weighted by atomic mass is 10.0. The summed E-state index contributed by atoms with van der Waals surface area (Å²) in [5.41, 5.74) is 2.29. The van der Waals surface area contributed by atoms with E-state index in [2.05, 4.69) is 10.1 Å². The van der Waals surface area contributed by atoms with E-state index in [1.165, 1.54) is 27.7 Å². The molecule has 0 bridgehead atoms. The first-order valence-corrected chi connectivity index (χ1v) is 9.02. The highest BCUT2D eigenvalue weighted by Gasteiger charge is 2.24. The molecule has 8 heteroatoms. The molecule has 8 nitrogen and oxygen atoms in total. The van der Waals surface area contributed by atoms with Crippen molar-refractivity contribution in [2.24, 2.45) is 0 Å². The largest absolute Gasteiger partial charge is 0.496 e. The predicted molar refractivity (Wildman–Crippen MR) is 108 cm³/mol. The van der Waals surface area contributed by atoms with Crippen LogP contribution in [0.25, 0.3) is 5.69 Å². The second-order valence-electron chi connectivity index (χ2n) is 6.43. The van der Waals surface area contributed by atoms with Gasteiger partial charge in [0, 0.05) is 19.2 Å². The second-order valence-corrected chi connectivity index (χ2v) is 6.43. The molecule has 1 heterocycles. The summed E-state index contributed by atoms with van der Waals surface area (Å²) >= 11 is 0. The zero-order chi connectivity index (χ0) is 21.0. The molecule has 0 unspecified atom stereocenters. The van der Waals surface area contributed by atoms with Crippen LogP contribution in [0, 0.1) is 0 Å². The maximum atomic E-state index is 13.2. The van der Waals surface area contributed by atoms with Gasteiger partial charge in [0.05, 0.1) is 38.6 Å². The topological polar surface area (TPSA) is 78.7 Å². The Hall–Kier alpha value is -3.55. The number of rotatable bonds is 7. The zero-order valence-electron chi connectivity index (χ0n) is 17.1. The quantitative estimate of drug-likeness (QED) is 0.611. The van der Waals surface area contributed by atoms with E-state index < -0.39 is 0 Å². The van der Waals surface area contributed by atoms with E-state index in [9.17, 15) is 4.79 Å². The van der Waals surface area contributed by atoms with E-state index in [4.69, 9.17) is 14.2 Å². The number of amides is 1. The Morgan fingerprint density at radius 2 is 1.62 bits per heavy atom. The molecule has 152 valence electrons. The summed E-state index contributed by atoms with van der Waals surface area (Å²) in [7, 11) is 6.34. The number of hydrogen-bond acceptors (Lipinski definition) is 6. The van der Waals surface area contributed by atoms with Gasteiger partial charge in [-0.3, -0.25) is 4.79 Å². The van der Waals surface area contributed by atoms with E-state index in [-0.39, 0.29) is 11.9 Å². The van der Waals surface area contributed by atoms with Gasteiger partial charge in [-0.15, -0.1) is 0 Å². The first-order valence-electron chi connectivity index (χ1n) is 9.02. The van der Waals surface area contributed by atoms with Gasteiger partial charge in [0.15, 0.2) is 11.5 Å². The molecule has 0 aliphatic carbocycles. The summed E-state index contributed by atoms with van der Waals surface area (Å²) in [5, 5.41) is 4.12. The normalized spacial score (nSPS) is 11.6. The third-order valence-corrected chi connectivity index (χ3v) is 4.90. The third kappa shape index (κ3) is 4.01. The van der Waals surface area contributed by atoms with Gasteiger partial charge in [-0.05, 0) is 24.6 Å². The van der Waals surface area contributed by atoms with Gasteiger partial charge in [-0.25, -0.2) is 9.67 Å². The minimum absolute atomic E-state index is 0.162. The van der Waals surface area contributed by atoms with E-state index in [1.807, 2.05) is 31.2 Å². The van der Waals surface area contributed by atoms with E-state index >= 15 is 0 Å². The summed E-state index contributed by atoms with van der Waals surface area (Å²) in [6.07, 6.45) is 3.12. The summed E-state index contributed by atoms with van der Waals surface area (Å²) in [6, 6.07) is 10.9. The molecule has 1 aromatic heterocycles. The Morgan fingerprint density at radius 1 is 1.00 bits per heavy atom. The molecular formula is C21H24N4O4. The van der Waals surface area contributed by atoms with E-state index in [0.717, 1.165) is 11.3 Å². The summed E-state index contributed by atoms with van der Waals surface area (Å²) in [6.45, 7) is 1.97. The monoisotopic (exact) mass is 396 g/mol. The number of carbonyl (C=O) groups excluding carboxylic acids is 1. The molecule has 0 radical (unpaired) electrons. The fourth-order valence-electron chi connectivity index (χ4n) is 3.03. The molecule has 1 atom stereocenters. The first kappa shape index (κ1) is 20.2. The van der Waals surface area contributed by atoms with Gasteiger partial charge >= 0.3 is 0 Å². The predicted octanol–water partition coefficient (Wildman–Crippen LogP) is 3.13. The fraction of sp³-hybridized carbons (Fsp3) is 0.286. The lowest BCUT2D eigenvalue weighted by Gasteiger charge is -2.26. The number of benzene rings is 2. The highest BCUT2D eigenvalue weighted by Crippen LogP contribution is 2.36. The number of nitrogens with zero attached hydrogens (tertiary/aromatic N) is 4. The molecule has 0 spiro atoms. The van der Waals surface area contributed by atoms with Crippen molar-refractivity contribution in [2.75, 3.05) is 28.4 Å². The lowest BCUT2D eigenvalue weighted by molar-refractivity contribution is 0.0738. The molecule has 3 rings (SSSR count). The third-order valence-electron chi connectivity index (χ3n) is 4.90. The van der Waals surface area contributed by atoms with E-state index in [0.29, 0.717) is 22.8 Å². The number of methoxy groups -OCH3 is 3. The molecule has 0 saturated heterocycles. The summed E-state index contributed by atoms with van der Waals surface area (Å²) in [4.78, 5) is 18.8. The van der Waals surface area contributed by atoms with Crippen LogP contribution in [0.3, 0.4) is 0 Å². The van der Waals surface area contributed by atoms with Crippen LogP contribution in [-0.4, -0.2) is 53.9 Å². The van der Waals surface area contributed by atoms with Crippen molar-refractivity contribution in [3.8, 4) is 22.9 Å². The average Bonchev–Trinajstić information content (AvgIpc) is 3.31. The highest BCUT2D eigenvalue weighted by molar-refractivity contribution is 5.98. The Labute approximate surface area is 169 Å². The standard InChI is InChI=1S/C21H24N4O4/c1-14(15-6-8-16(9-7-15)25-13-22-12-23-25)24(2)21(26)17-10-19(28-4)20(29-5)11-18(17)27-3/h6-14H,1-5H3/t14-/m1/s1. The molecule has 0 fully saturated rings. The Morgan fingerprint density at radius 3 is 2.17 bits per heavy atom. The summed E-state index contributed by atoms with van der Waals surface area (Å²) in [5.74, 6) is 1.21. The van der Waals surface area contributed by atoms with Gasteiger partial charge in [0.1, 0.15) is 18.4 Å². The van der Waals surface area contributed by atoms with Gasteiger partial charge in [0.2, 0.25) is 0 Å². The number of aromatic nitrogens is 3. The highest BCUT2D eigenvalue weighted by atomic mass is 16.5. The maximum absolute atomic E-state index is 13.2. The molecule has 3 aromatic rings. The Bertz CT molecular complexity index is 971. The van der Waals surface area contributed by atoms with Crippen molar-refractivity contribution < 1.29 is 19.0 Å². The summed E-state index contributed by atoms with van der Waals surface area (Å²) < 4.78 is 17.7. The van der Waals surface area contributed by atoms with Crippen LogP contribution in [-0.2, 0) is 0 Å². The average molecular weight is 396 g/mol. The van der Waals surface area contributed by atoms with Crippen molar-refractivity contribution in [3.63, 3.8) is 0 Å². The Kier molecular flexibility index (Phi) is 6.01. The lowest BCUT2D eigenvalue weighted by Crippen LogP contribution is -2.30. The van der Waals surface area contributed by atoms with Crippen LogP contribution in [0.1, 0.15) is 28.9 Å². The Balaban J connectivity index is 1.86. The van der Waals surface area contributed by atoms with Crippen LogP contribution in [0.15, 0.2) is 49.1 Å². The minimum Gasteiger partial charge on any atom is -0.496 e. The van der Waals surface area contributed by atoms with Crippen LogP contribution >= 0.6 is 0 Å². The van der Waals surface area contributed by atoms with Gasteiger partial charge in [-0.2, -0.15) is 5.10 Å². The van der Waals surface area contributed by atoms with Crippen LogP contribution in [0.4, 0.5) is 0 Å². The molecule has 1 amide bonds. The van der Waals surface area contributed by atoms with Crippen molar-refractivity contribution >= 4 is 5.91 Å².